The van der Waals surface area contributed by atoms with Gasteiger partial charge in [-0.2, -0.15) is 19.3 Å². The predicted molar refractivity (Wildman–Crippen MR) is 224 cm³/mol. The van der Waals surface area contributed by atoms with Crippen LogP contribution in [0.3, 0.4) is 0 Å². The zero-order chi connectivity index (χ0) is 36.9. The van der Waals surface area contributed by atoms with E-state index in [1.54, 1.807) is 22.7 Å². The first-order valence-electron chi connectivity index (χ1n) is 17.9. The topological polar surface area (TPSA) is 91.8 Å². The first kappa shape index (κ1) is 37.2. The molecule has 6 aromatic rings. The summed E-state index contributed by atoms with van der Waals surface area (Å²) in [4.78, 5) is 6.43. The Labute approximate surface area is 331 Å². The number of hydrogen-bond acceptors (Lipinski definition) is 11. The van der Waals surface area contributed by atoms with Crippen molar-refractivity contribution in [1.29, 1.82) is 10.5 Å². The molecule has 268 valence electrons. The van der Waals surface area contributed by atoms with Crippen molar-refractivity contribution in [3.63, 3.8) is 0 Å². The molecule has 53 heavy (non-hydrogen) atoms. The highest BCUT2D eigenvalue weighted by Crippen LogP contribution is 2.61. The molecule has 0 unspecified atom stereocenters. The van der Waals surface area contributed by atoms with E-state index in [-0.39, 0.29) is 5.57 Å². The van der Waals surface area contributed by atoms with E-state index in [1.165, 1.54) is 35.3 Å². The van der Waals surface area contributed by atoms with Crippen LogP contribution in [0, 0.1) is 34.5 Å². The van der Waals surface area contributed by atoms with Crippen molar-refractivity contribution < 1.29 is 9.47 Å². The molecule has 0 atom stereocenters. The number of fused-ring (bicyclic) bond motifs is 2. The lowest BCUT2D eigenvalue weighted by Gasteiger charge is -2.14. The molecule has 0 bridgehead atoms. The number of nitrogens with zero attached hydrogens (tertiary/aromatic N) is 4. The number of benzene rings is 3. The third-order valence-electron chi connectivity index (χ3n) is 9.70. The molecule has 7 rings (SSSR count). The van der Waals surface area contributed by atoms with E-state index >= 15 is 0 Å². The van der Waals surface area contributed by atoms with Crippen molar-refractivity contribution in [2.24, 2.45) is 11.8 Å². The Kier molecular flexibility index (Phi) is 11.9. The molecule has 0 N–H and O–H groups in total. The van der Waals surface area contributed by atoms with Crippen LogP contribution in [0.25, 0.3) is 52.8 Å². The molecule has 0 aliphatic carbocycles. The summed E-state index contributed by atoms with van der Waals surface area (Å²) in [6.07, 6.45) is 4.44. The molecular formula is C42H38N4O2S5. The van der Waals surface area contributed by atoms with Crippen LogP contribution in [0.2, 0.25) is 0 Å². The van der Waals surface area contributed by atoms with E-state index in [9.17, 15) is 10.5 Å². The van der Waals surface area contributed by atoms with Gasteiger partial charge in [-0.15, -0.1) is 22.7 Å². The van der Waals surface area contributed by atoms with Gasteiger partial charge in [0.15, 0.2) is 0 Å². The highest BCUT2D eigenvalue weighted by Gasteiger charge is 2.33. The maximum absolute atomic E-state index is 9.86. The van der Waals surface area contributed by atoms with Gasteiger partial charge >= 0.3 is 0 Å². The molecule has 11 heteroatoms. The fraction of sp³-hybridized carbons (Fsp3) is 0.286. The van der Waals surface area contributed by atoms with Gasteiger partial charge in [-0.25, -0.2) is 0 Å². The van der Waals surface area contributed by atoms with Gasteiger partial charge in [0.25, 0.3) is 0 Å². The maximum atomic E-state index is 9.86. The van der Waals surface area contributed by atoms with Crippen LogP contribution in [-0.2, 0) is 0 Å². The maximum Gasteiger partial charge on any atom is 0.150 e. The first-order valence-corrected chi connectivity index (χ1v) is 21.9. The SMILES string of the molecule is CCC(CC)COc1ccc(-c2ccc(-c3c4c(c(-c5ccc(-c6ccc(OCC(CC)CC)cc6)s5)c5nsnc35)SC(=C(C#N)C#N)S4)s2)cc1. The Morgan fingerprint density at radius 3 is 1.36 bits per heavy atom. The van der Waals surface area contributed by atoms with E-state index in [4.69, 9.17) is 18.2 Å². The van der Waals surface area contributed by atoms with Crippen LogP contribution in [0.1, 0.15) is 53.4 Å². The molecule has 0 spiro atoms. The number of thiophene rings is 2. The molecule has 0 saturated heterocycles. The number of thioether (sulfide) groups is 2. The Morgan fingerprint density at radius 1 is 0.585 bits per heavy atom. The minimum atomic E-state index is 0.119. The first-order chi connectivity index (χ1) is 26.0. The van der Waals surface area contributed by atoms with Crippen molar-refractivity contribution >= 4 is 69.0 Å². The van der Waals surface area contributed by atoms with Gasteiger partial charge in [-0.05, 0) is 95.8 Å². The smallest absolute Gasteiger partial charge is 0.150 e. The van der Waals surface area contributed by atoms with Crippen LogP contribution >= 0.6 is 57.9 Å². The fourth-order valence-corrected chi connectivity index (χ4v) is 11.7. The Hall–Kier alpha value is -4.10. The number of rotatable bonds is 14. The van der Waals surface area contributed by atoms with Crippen molar-refractivity contribution in [3.8, 4) is 65.4 Å². The predicted octanol–water partition coefficient (Wildman–Crippen LogP) is 13.6. The zero-order valence-electron chi connectivity index (χ0n) is 30.0. The highest BCUT2D eigenvalue weighted by molar-refractivity contribution is 8.25. The molecule has 3 aromatic carbocycles. The molecule has 1 aliphatic rings. The van der Waals surface area contributed by atoms with E-state index in [0.717, 1.165) is 113 Å². The molecule has 6 nitrogen and oxygen atoms in total. The molecule has 0 fully saturated rings. The number of ether oxygens (including phenoxy) is 2. The summed E-state index contributed by atoms with van der Waals surface area (Å²) in [6, 6.07) is 29.5. The summed E-state index contributed by atoms with van der Waals surface area (Å²) in [7, 11) is 0. The molecule has 3 aromatic heterocycles. The molecular weight excluding hydrogens is 753 g/mol. The van der Waals surface area contributed by atoms with Crippen molar-refractivity contribution in [3.05, 3.63) is 82.6 Å². The van der Waals surface area contributed by atoms with E-state index < -0.39 is 0 Å². The second-order valence-electron chi connectivity index (χ2n) is 12.8. The van der Waals surface area contributed by atoms with Crippen LogP contribution in [0.4, 0.5) is 0 Å². The molecule has 0 amide bonds. The average Bonchev–Trinajstić information content (AvgIpc) is 4.04. The summed E-state index contributed by atoms with van der Waals surface area (Å²) in [5.41, 5.74) is 6.02. The molecule has 4 heterocycles. The Balaban J connectivity index is 1.24. The van der Waals surface area contributed by atoms with Crippen molar-refractivity contribution in [2.45, 2.75) is 63.2 Å². The van der Waals surface area contributed by atoms with Crippen LogP contribution in [0.15, 0.2) is 92.4 Å². The highest BCUT2D eigenvalue weighted by atomic mass is 32.2. The molecule has 1 aliphatic heterocycles. The van der Waals surface area contributed by atoms with Crippen LogP contribution in [0.5, 0.6) is 11.5 Å². The Bertz CT molecular complexity index is 2170. The zero-order valence-corrected chi connectivity index (χ0v) is 34.1. The minimum Gasteiger partial charge on any atom is -0.493 e. The quantitative estimate of drug-likeness (QED) is 0.101. The number of hydrogen-bond donors (Lipinski definition) is 0. The van der Waals surface area contributed by atoms with E-state index in [1.807, 2.05) is 24.3 Å². The van der Waals surface area contributed by atoms with Gasteiger partial charge in [0.05, 0.1) is 29.2 Å². The molecule has 0 saturated carbocycles. The van der Waals surface area contributed by atoms with Crippen LogP contribution in [-0.4, -0.2) is 22.0 Å². The number of nitriles is 2. The van der Waals surface area contributed by atoms with Crippen molar-refractivity contribution in [1.82, 2.24) is 8.75 Å². The van der Waals surface area contributed by atoms with Gasteiger partial charge in [-0.1, -0.05) is 76.9 Å². The summed E-state index contributed by atoms with van der Waals surface area (Å²) in [5, 5.41) is 19.7. The van der Waals surface area contributed by atoms with Gasteiger partial charge in [0.1, 0.15) is 40.2 Å². The summed E-state index contributed by atoms with van der Waals surface area (Å²) in [6.45, 7) is 10.3. The third kappa shape index (κ3) is 7.78. The largest absolute Gasteiger partial charge is 0.493 e. The third-order valence-corrected chi connectivity index (χ3v) is 15.2. The van der Waals surface area contributed by atoms with Gasteiger partial charge in [-0.3, -0.25) is 0 Å². The standard InChI is InChI=1S/C42H38N4O2S5/c1-5-25(6-2)23-47-30-13-9-27(10-14-30)32-17-19-34(49-32)36-38-39(46-53-45-38)37(41-40(36)51-42(52-41)29(21-43)22-44)35-20-18-33(50-35)28-11-15-31(16-12-28)48-24-26(7-3)8-4/h9-20,25-26H,5-8,23-24H2,1-4H3. The normalized spacial score (nSPS) is 12.3. The second-order valence-corrected chi connectivity index (χ2v) is 17.8. The van der Waals surface area contributed by atoms with Crippen LogP contribution < -0.4 is 9.47 Å². The lowest BCUT2D eigenvalue weighted by atomic mass is 10.0. The lowest BCUT2D eigenvalue weighted by Crippen LogP contribution is -2.09. The number of aromatic nitrogens is 2. The fourth-order valence-electron chi connectivity index (χ4n) is 6.20. The van der Waals surface area contributed by atoms with E-state index in [0.29, 0.717) is 16.1 Å². The minimum absolute atomic E-state index is 0.119. The summed E-state index contributed by atoms with van der Waals surface area (Å²) >= 11 is 7.61. The molecule has 0 radical (unpaired) electrons. The monoisotopic (exact) mass is 790 g/mol. The van der Waals surface area contributed by atoms with Gasteiger partial charge in [0, 0.05) is 40.4 Å². The Morgan fingerprint density at radius 2 is 0.981 bits per heavy atom. The van der Waals surface area contributed by atoms with Gasteiger partial charge < -0.3 is 9.47 Å². The summed E-state index contributed by atoms with van der Waals surface area (Å²) < 4.78 is 22.6. The lowest BCUT2D eigenvalue weighted by molar-refractivity contribution is 0.240. The number of allylic oxidation sites excluding steroid dienone is 1. The van der Waals surface area contributed by atoms with Gasteiger partial charge in [0.2, 0.25) is 0 Å². The summed E-state index contributed by atoms with van der Waals surface area (Å²) in [5.74, 6) is 2.89. The average molecular weight is 791 g/mol. The second kappa shape index (κ2) is 16.9. The van der Waals surface area contributed by atoms with E-state index in [2.05, 4.69) is 88.4 Å². The van der Waals surface area contributed by atoms with Crippen molar-refractivity contribution in [2.75, 3.05) is 13.2 Å².